The fourth-order valence-electron chi connectivity index (χ4n) is 2.04. The van der Waals surface area contributed by atoms with Crippen molar-refractivity contribution in [2.24, 2.45) is 0 Å². The van der Waals surface area contributed by atoms with Crippen molar-refractivity contribution in [2.75, 3.05) is 6.61 Å². The summed E-state index contributed by atoms with van der Waals surface area (Å²) in [6.07, 6.45) is 1.19. The Morgan fingerprint density at radius 2 is 2.20 bits per heavy atom. The zero-order valence-corrected chi connectivity index (χ0v) is 10.6. The van der Waals surface area contributed by atoms with Crippen LogP contribution in [-0.4, -0.2) is 21.6 Å². The van der Waals surface area contributed by atoms with Gasteiger partial charge in [-0.15, -0.1) is 0 Å². The number of benzene rings is 1. The summed E-state index contributed by atoms with van der Waals surface area (Å²) < 4.78 is 5.57. The number of hydrogen-bond acceptors (Lipinski definition) is 4. The summed E-state index contributed by atoms with van der Waals surface area (Å²) in [5.74, 6) is 0.731. The van der Waals surface area contributed by atoms with Crippen LogP contribution in [0.3, 0.4) is 0 Å². The van der Waals surface area contributed by atoms with Crippen molar-refractivity contribution < 1.29 is 4.74 Å². The number of aromatic amines is 2. The van der Waals surface area contributed by atoms with Crippen molar-refractivity contribution >= 4 is 22.1 Å². The maximum atomic E-state index is 11.2. The molecular formula is C14H12N4O2. The highest BCUT2D eigenvalue weighted by atomic mass is 16.5. The second-order valence-corrected chi connectivity index (χ2v) is 4.43. The number of pyridine rings is 1. The first-order valence-electron chi connectivity index (χ1n) is 6.29. The third-order valence-corrected chi connectivity index (χ3v) is 2.97. The lowest BCUT2D eigenvalue weighted by Gasteiger charge is -2.05. The summed E-state index contributed by atoms with van der Waals surface area (Å²) in [6.45, 7) is 0.510. The van der Waals surface area contributed by atoms with E-state index < -0.39 is 0 Å². The molecule has 3 aromatic rings. The molecule has 0 fully saturated rings. The number of hydrogen-bond donors (Lipinski definition) is 2. The van der Waals surface area contributed by atoms with Gasteiger partial charge in [-0.3, -0.25) is 4.98 Å². The molecular weight excluding hydrogens is 256 g/mol. The predicted molar refractivity (Wildman–Crippen MR) is 74.6 cm³/mol. The zero-order chi connectivity index (χ0) is 13.9. The van der Waals surface area contributed by atoms with Crippen LogP contribution in [0.4, 0.5) is 0 Å². The van der Waals surface area contributed by atoms with E-state index in [4.69, 9.17) is 10.00 Å². The number of imidazole rings is 1. The summed E-state index contributed by atoms with van der Waals surface area (Å²) in [7, 11) is 0. The molecule has 0 atom stereocenters. The van der Waals surface area contributed by atoms with Gasteiger partial charge in [-0.2, -0.15) is 5.26 Å². The molecule has 0 saturated carbocycles. The lowest BCUT2D eigenvalue weighted by Crippen LogP contribution is -1.99. The third-order valence-electron chi connectivity index (χ3n) is 2.97. The van der Waals surface area contributed by atoms with Crippen molar-refractivity contribution in [1.29, 1.82) is 5.26 Å². The van der Waals surface area contributed by atoms with Gasteiger partial charge in [0, 0.05) is 11.8 Å². The number of rotatable bonds is 4. The first-order chi connectivity index (χ1) is 9.76. The molecule has 0 radical (unpaired) electrons. The van der Waals surface area contributed by atoms with E-state index in [1.165, 1.54) is 0 Å². The molecule has 0 spiro atoms. The molecule has 2 heterocycles. The van der Waals surface area contributed by atoms with E-state index in [1.807, 2.05) is 24.3 Å². The lowest BCUT2D eigenvalue weighted by atomic mass is 10.2. The van der Waals surface area contributed by atoms with E-state index in [0.717, 1.165) is 16.7 Å². The van der Waals surface area contributed by atoms with Crippen LogP contribution >= 0.6 is 0 Å². The van der Waals surface area contributed by atoms with Crippen molar-refractivity contribution in [1.82, 2.24) is 15.0 Å². The number of unbranched alkanes of at least 4 members (excludes halogenated alkanes) is 1. The van der Waals surface area contributed by atoms with Gasteiger partial charge in [0.2, 0.25) is 0 Å². The Morgan fingerprint density at radius 3 is 3.05 bits per heavy atom. The van der Waals surface area contributed by atoms with Crippen LogP contribution in [0.2, 0.25) is 0 Å². The Kier molecular flexibility index (Phi) is 3.09. The molecule has 0 aliphatic carbocycles. The predicted octanol–water partition coefficient (Wildman–Crippen LogP) is 2.09. The molecule has 0 unspecified atom stereocenters. The second-order valence-electron chi connectivity index (χ2n) is 4.43. The summed E-state index contributed by atoms with van der Waals surface area (Å²) in [5.41, 5.74) is 1.74. The molecule has 0 bridgehead atoms. The highest BCUT2D eigenvalue weighted by Gasteiger charge is 2.04. The molecule has 3 rings (SSSR count). The van der Waals surface area contributed by atoms with Gasteiger partial charge in [-0.1, -0.05) is 0 Å². The smallest absolute Gasteiger partial charge is 0.325 e. The van der Waals surface area contributed by atoms with Gasteiger partial charge in [-0.25, -0.2) is 9.78 Å². The molecule has 2 N–H and O–H groups in total. The minimum atomic E-state index is -0.268. The first kappa shape index (κ1) is 12.2. The highest BCUT2D eigenvalue weighted by Crippen LogP contribution is 2.22. The molecule has 0 saturated heterocycles. The third kappa shape index (κ3) is 2.34. The van der Waals surface area contributed by atoms with E-state index in [9.17, 15) is 4.79 Å². The average molecular weight is 268 g/mol. The van der Waals surface area contributed by atoms with Gasteiger partial charge in [0.15, 0.2) is 5.65 Å². The van der Waals surface area contributed by atoms with Gasteiger partial charge in [0.1, 0.15) is 5.75 Å². The zero-order valence-electron chi connectivity index (χ0n) is 10.6. The fourth-order valence-corrected chi connectivity index (χ4v) is 2.04. The molecule has 0 aliphatic heterocycles. The number of nitriles is 1. The van der Waals surface area contributed by atoms with Crippen LogP contribution in [0.25, 0.3) is 22.1 Å². The van der Waals surface area contributed by atoms with Crippen LogP contribution in [0.5, 0.6) is 5.75 Å². The van der Waals surface area contributed by atoms with Crippen LogP contribution < -0.4 is 10.4 Å². The van der Waals surface area contributed by atoms with Crippen LogP contribution in [0, 0.1) is 11.3 Å². The molecule has 6 nitrogen and oxygen atoms in total. The monoisotopic (exact) mass is 268 g/mol. The quantitative estimate of drug-likeness (QED) is 0.708. The van der Waals surface area contributed by atoms with Crippen molar-refractivity contribution in [3.63, 3.8) is 0 Å². The molecule has 6 heteroatoms. The van der Waals surface area contributed by atoms with Crippen LogP contribution in [0.15, 0.2) is 29.1 Å². The summed E-state index contributed by atoms with van der Waals surface area (Å²) in [5, 5.41) is 9.36. The minimum absolute atomic E-state index is 0.268. The normalized spacial score (nSPS) is 10.8. The Bertz CT molecular complexity index is 857. The van der Waals surface area contributed by atoms with E-state index in [-0.39, 0.29) is 5.69 Å². The van der Waals surface area contributed by atoms with Crippen molar-refractivity contribution in [2.45, 2.75) is 12.8 Å². The van der Waals surface area contributed by atoms with Crippen LogP contribution in [-0.2, 0) is 0 Å². The molecule has 1 aromatic carbocycles. The van der Waals surface area contributed by atoms with Gasteiger partial charge < -0.3 is 9.72 Å². The van der Waals surface area contributed by atoms with E-state index in [0.29, 0.717) is 30.6 Å². The summed E-state index contributed by atoms with van der Waals surface area (Å²) in [4.78, 5) is 20.9. The maximum absolute atomic E-state index is 11.2. The lowest BCUT2D eigenvalue weighted by molar-refractivity contribution is 0.313. The highest BCUT2D eigenvalue weighted by molar-refractivity contribution is 5.89. The van der Waals surface area contributed by atoms with E-state index in [2.05, 4.69) is 21.0 Å². The van der Waals surface area contributed by atoms with Crippen molar-refractivity contribution in [3.05, 3.63) is 34.7 Å². The first-order valence-corrected chi connectivity index (χ1v) is 6.29. The maximum Gasteiger partial charge on any atom is 0.325 e. The minimum Gasteiger partial charge on any atom is -0.494 e. The Balaban J connectivity index is 1.91. The van der Waals surface area contributed by atoms with E-state index >= 15 is 0 Å². The number of fused-ring (bicyclic) bond motifs is 2. The summed E-state index contributed by atoms with van der Waals surface area (Å²) in [6, 6.07) is 9.49. The van der Waals surface area contributed by atoms with Crippen molar-refractivity contribution in [3.8, 4) is 11.8 Å². The van der Waals surface area contributed by atoms with Gasteiger partial charge in [0.25, 0.3) is 0 Å². The number of nitrogens with zero attached hydrogens (tertiary/aromatic N) is 2. The second kappa shape index (κ2) is 5.05. The largest absolute Gasteiger partial charge is 0.494 e. The van der Waals surface area contributed by atoms with E-state index in [1.54, 1.807) is 0 Å². The SMILES string of the molecule is N#CCCCOc1ccc2nc3[nH]c(=O)[nH]c3cc2c1. The number of nitrogens with one attached hydrogen (secondary N) is 2. The average Bonchev–Trinajstić information content (AvgIpc) is 2.80. The standard InChI is InChI=1S/C14H12N4O2/c15-5-1-2-6-20-10-3-4-11-9(7-10)8-12-13(16-11)18-14(19)17-12/h3-4,7-8H,1-2,6H2,(H2,16,17,18,19). The molecule has 2 aromatic heterocycles. The summed E-state index contributed by atoms with van der Waals surface area (Å²) >= 11 is 0. The van der Waals surface area contributed by atoms with Crippen LogP contribution in [0.1, 0.15) is 12.8 Å². The number of ether oxygens (including phenoxy) is 1. The van der Waals surface area contributed by atoms with Gasteiger partial charge in [-0.05, 0) is 30.7 Å². The molecule has 20 heavy (non-hydrogen) atoms. The Labute approximate surface area is 114 Å². The van der Waals surface area contributed by atoms with Gasteiger partial charge in [0.05, 0.1) is 23.7 Å². The Hall–Kier alpha value is -2.81. The molecule has 0 aliphatic rings. The molecule has 0 amide bonds. The number of H-pyrrole nitrogens is 2. The van der Waals surface area contributed by atoms with Gasteiger partial charge >= 0.3 is 5.69 Å². The topological polar surface area (TPSA) is 94.6 Å². The fraction of sp³-hybridized carbons (Fsp3) is 0.214. The molecule has 100 valence electrons. The Morgan fingerprint density at radius 1 is 1.30 bits per heavy atom. The number of aromatic nitrogens is 3.